The van der Waals surface area contributed by atoms with Crippen LogP contribution < -0.4 is 0 Å². The van der Waals surface area contributed by atoms with Crippen molar-refractivity contribution in [3.8, 4) is 0 Å². The Morgan fingerprint density at radius 2 is 1.96 bits per heavy atom. The summed E-state index contributed by atoms with van der Waals surface area (Å²) in [5, 5.41) is 0. The fraction of sp³-hybridized carbons (Fsp3) is 0.600. The molecule has 0 fully saturated rings. The average Bonchev–Trinajstić information content (AvgIpc) is 2.90. The number of amides is 1. The predicted molar refractivity (Wildman–Crippen MR) is 78.6 cm³/mol. The lowest BCUT2D eigenvalue weighted by atomic mass is 10.0. The summed E-state index contributed by atoms with van der Waals surface area (Å²) in [7, 11) is 0. The molecule has 0 atom stereocenters. The molecule has 0 saturated carbocycles. The number of carbonyl (C=O) groups excluding carboxylic acids is 2. The van der Waals surface area contributed by atoms with Gasteiger partial charge in [-0.2, -0.15) is 13.2 Å². The van der Waals surface area contributed by atoms with Gasteiger partial charge in [0.25, 0.3) is 5.91 Å². The van der Waals surface area contributed by atoms with Gasteiger partial charge in [0.15, 0.2) is 6.29 Å². The zero-order chi connectivity index (χ0) is 17.2. The number of halogens is 3. The second-order valence-electron chi connectivity index (χ2n) is 5.45. The summed E-state index contributed by atoms with van der Waals surface area (Å²) in [4.78, 5) is 29.4. The van der Waals surface area contributed by atoms with Gasteiger partial charge in [0, 0.05) is 31.7 Å². The molecule has 0 aliphatic carbocycles. The number of alkyl halides is 3. The Kier molecular flexibility index (Phi) is 5.13. The van der Waals surface area contributed by atoms with Gasteiger partial charge in [0.1, 0.15) is 0 Å². The number of aromatic amines is 1. The van der Waals surface area contributed by atoms with Crippen LogP contribution in [0.2, 0.25) is 0 Å². The summed E-state index contributed by atoms with van der Waals surface area (Å²) in [6.45, 7) is 6.95. The van der Waals surface area contributed by atoms with Gasteiger partial charge in [-0.05, 0) is 13.1 Å². The average molecular weight is 331 g/mol. The number of hydrogen-bond donors (Lipinski definition) is 1. The van der Waals surface area contributed by atoms with Crippen LogP contribution in [-0.4, -0.2) is 59.7 Å². The van der Waals surface area contributed by atoms with Crippen LogP contribution in [0, 0.1) is 0 Å². The highest BCUT2D eigenvalue weighted by Crippen LogP contribution is 2.37. The van der Waals surface area contributed by atoms with Crippen molar-refractivity contribution in [3.05, 3.63) is 22.5 Å². The van der Waals surface area contributed by atoms with Gasteiger partial charge in [0.05, 0.1) is 16.8 Å². The molecule has 1 N–H and O–H groups in total. The molecule has 0 radical (unpaired) electrons. The Morgan fingerprint density at radius 3 is 2.48 bits per heavy atom. The van der Waals surface area contributed by atoms with Crippen molar-refractivity contribution < 1.29 is 22.8 Å². The van der Waals surface area contributed by atoms with E-state index in [2.05, 4.69) is 9.88 Å². The molecule has 1 aromatic heterocycles. The van der Waals surface area contributed by atoms with Crippen molar-refractivity contribution in [2.24, 2.45) is 0 Å². The van der Waals surface area contributed by atoms with E-state index in [1.165, 1.54) is 4.90 Å². The number of aldehydes is 1. The number of hydrogen-bond acceptors (Lipinski definition) is 3. The fourth-order valence-corrected chi connectivity index (χ4v) is 2.90. The molecule has 2 rings (SSSR count). The van der Waals surface area contributed by atoms with Crippen LogP contribution in [0.15, 0.2) is 0 Å². The second kappa shape index (κ2) is 6.74. The third kappa shape index (κ3) is 3.41. The first-order valence-corrected chi connectivity index (χ1v) is 7.62. The number of fused-ring (bicyclic) bond motifs is 1. The number of nitrogens with one attached hydrogen (secondary N) is 1. The number of carbonyl (C=O) groups is 2. The minimum Gasteiger partial charge on any atom is -0.355 e. The molecule has 1 aliphatic heterocycles. The van der Waals surface area contributed by atoms with Gasteiger partial charge in [0.2, 0.25) is 0 Å². The van der Waals surface area contributed by atoms with Crippen molar-refractivity contribution in [1.82, 2.24) is 14.8 Å². The molecule has 1 aliphatic rings. The van der Waals surface area contributed by atoms with Gasteiger partial charge in [-0.1, -0.05) is 13.8 Å². The number of rotatable bonds is 6. The van der Waals surface area contributed by atoms with Crippen LogP contribution in [0.3, 0.4) is 0 Å². The molecule has 0 aromatic carbocycles. The van der Waals surface area contributed by atoms with E-state index in [9.17, 15) is 22.8 Å². The van der Waals surface area contributed by atoms with E-state index < -0.39 is 28.9 Å². The zero-order valence-corrected chi connectivity index (χ0v) is 13.2. The Hall–Kier alpha value is -1.83. The van der Waals surface area contributed by atoms with Crippen molar-refractivity contribution in [3.63, 3.8) is 0 Å². The van der Waals surface area contributed by atoms with Gasteiger partial charge in [-0.25, -0.2) is 0 Å². The van der Waals surface area contributed by atoms with E-state index in [-0.39, 0.29) is 18.4 Å². The summed E-state index contributed by atoms with van der Waals surface area (Å²) in [6, 6.07) is 0. The second-order valence-corrected chi connectivity index (χ2v) is 5.45. The largest absolute Gasteiger partial charge is 0.419 e. The van der Waals surface area contributed by atoms with Crippen LogP contribution in [-0.2, 0) is 12.6 Å². The molecule has 0 unspecified atom stereocenters. The molecule has 0 saturated heterocycles. The topological polar surface area (TPSA) is 56.4 Å². The molecule has 23 heavy (non-hydrogen) atoms. The molecule has 0 spiro atoms. The highest BCUT2D eigenvalue weighted by atomic mass is 19.4. The Bertz CT molecular complexity index is 592. The first-order valence-electron chi connectivity index (χ1n) is 7.62. The highest BCUT2D eigenvalue weighted by Gasteiger charge is 2.43. The zero-order valence-electron chi connectivity index (χ0n) is 13.2. The summed E-state index contributed by atoms with van der Waals surface area (Å²) in [5.41, 5.74) is -1.91. The molecular formula is C15H20F3N3O2. The number of aromatic nitrogens is 1. The van der Waals surface area contributed by atoms with E-state index in [4.69, 9.17) is 0 Å². The van der Waals surface area contributed by atoms with Crippen LogP contribution in [0.1, 0.15) is 46.0 Å². The van der Waals surface area contributed by atoms with E-state index in [0.717, 1.165) is 13.1 Å². The molecule has 2 heterocycles. The SMILES string of the molecule is CCN(CC)CCN1CCc2[nH]c(C=O)c(C(F)(F)F)c2C1=O. The Balaban J connectivity index is 2.28. The molecule has 128 valence electrons. The lowest BCUT2D eigenvalue weighted by Gasteiger charge is -2.30. The number of likely N-dealkylation sites (N-methyl/N-ethyl adjacent to an activating group) is 1. The first kappa shape index (κ1) is 17.5. The van der Waals surface area contributed by atoms with E-state index in [1.54, 1.807) is 0 Å². The fourth-order valence-electron chi connectivity index (χ4n) is 2.90. The summed E-state index contributed by atoms with van der Waals surface area (Å²) in [5.74, 6) is -0.657. The summed E-state index contributed by atoms with van der Waals surface area (Å²) in [6.07, 6.45) is -4.33. The third-order valence-electron chi connectivity index (χ3n) is 4.22. The maximum Gasteiger partial charge on any atom is 0.419 e. The first-order chi connectivity index (χ1) is 10.8. The van der Waals surface area contributed by atoms with Crippen molar-refractivity contribution in [2.45, 2.75) is 26.4 Å². The van der Waals surface area contributed by atoms with Crippen molar-refractivity contribution in [1.29, 1.82) is 0 Å². The quantitative estimate of drug-likeness (QED) is 0.813. The van der Waals surface area contributed by atoms with E-state index >= 15 is 0 Å². The normalized spacial score (nSPS) is 15.2. The monoisotopic (exact) mass is 331 g/mol. The predicted octanol–water partition coefficient (Wildman–Crippen LogP) is 2.19. The highest BCUT2D eigenvalue weighted by molar-refractivity contribution is 6.00. The van der Waals surface area contributed by atoms with E-state index in [1.807, 2.05) is 13.8 Å². The maximum absolute atomic E-state index is 13.2. The third-order valence-corrected chi connectivity index (χ3v) is 4.22. The number of nitrogens with zero attached hydrogens (tertiary/aromatic N) is 2. The lowest BCUT2D eigenvalue weighted by Crippen LogP contribution is -2.43. The standard InChI is InChI=1S/C15H20F3N3O2/c1-3-20(4-2)7-8-21-6-5-10-12(14(21)23)13(15(16,17)18)11(9-22)19-10/h9,19H,3-8H2,1-2H3. The van der Waals surface area contributed by atoms with Crippen molar-refractivity contribution >= 4 is 12.2 Å². The number of H-pyrrole nitrogens is 1. The summed E-state index contributed by atoms with van der Waals surface area (Å²) < 4.78 is 39.7. The smallest absolute Gasteiger partial charge is 0.355 e. The van der Waals surface area contributed by atoms with Crippen molar-refractivity contribution in [2.75, 3.05) is 32.7 Å². The van der Waals surface area contributed by atoms with Gasteiger partial charge in [-0.15, -0.1) is 0 Å². The van der Waals surface area contributed by atoms with Gasteiger partial charge >= 0.3 is 6.18 Å². The molecule has 0 bridgehead atoms. The maximum atomic E-state index is 13.2. The minimum absolute atomic E-state index is 0.120. The van der Waals surface area contributed by atoms with Crippen LogP contribution in [0.4, 0.5) is 13.2 Å². The molecule has 1 amide bonds. The van der Waals surface area contributed by atoms with Crippen LogP contribution in [0.25, 0.3) is 0 Å². The summed E-state index contributed by atoms with van der Waals surface area (Å²) >= 11 is 0. The van der Waals surface area contributed by atoms with Gasteiger partial charge in [-0.3, -0.25) is 9.59 Å². The van der Waals surface area contributed by atoms with E-state index in [0.29, 0.717) is 19.6 Å². The molecular weight excluding hydrogens is 311 g/mol. The van der Waals surface area contributed by atoms with Crippen LogP contribution >= 0.6 is 0 Å². The molecule has 1 aromatic rings. The lowest BCUT2D eigenvalue weighted by molar-refractivity contribution is -0.138. The van der Waals surface area contributed by atoms with Gasteiger partial charge < -0.3 is 14.8 Å². The molecule has 8 heteroatoms. The Labute approximate surface area is 132 Å². The minimum atomic E-state index is -4.74. The Morgan fingerprint density at radius 1 is 1.30 bits per heavy atom. The molecule has 5 nitrogen and oxygen atoms in total. The van der Waals surface area contributed by atoms with Crippen LogP contribution in [0.5, 0.6) is 0 Å².